The van der Waals surface area contributed by atoms with Gasteiger partial charge in [0.15, 0.2) is 18.2 Å². The lowest BCUT2D eigenvalue weighted by atomic mass is 9.95. The quantitative estimate of drug-likeness (QED) is 0.650. The first kappa shape index (κ1) is 16.2. The van der Waals surface area contributed by atoms with Crippen LogP contribution in [0.3, 0.4) is 0 Å². The first-order chi connectivity index (χ1) is 9.69. The summed E-state index contributed by atoms with van der Waals surface area (Å²) in [6.45, 7) is 6.21. The molecule has 2 aliphatic rings. The van der Waals surface area contributed by atoms with Gasteiger partial charge in [-0.15, -0.1) is 0 Å². The standard InChI is InChI=1S/C13H21NO7/c1-6(15)14-9-11(19-7(2)16)10-8(20-12(9)17)5-18-13(3,4)21-10/h8-12,17H,5H2,1-4H3,(H,14,15)/t8-,9-,10-,11-,12-/m1/s1. The van der Waals surface area contributed by atoms with Crippen molar-refractivity contribution in [3.05, 3.63) is 0 Å². The normalized spacial score (nSPS) is 38.2. The average Bonchev–Trinajstić information content (AvgIpc) is 2.33. The highest BCUT2D eigenvalue weighted by Gasteiger charge is 2.52. The van der Waals surface area contributed by atoms with Crippen LogP contribution < -0.4 is 5.32 Å². The number of ether oxygens (including phenoxy) is 4. The fraction of sp³-hybridized carbons (Fsp3) is 0.846. The maximum Gasteiger partial charge on any atom is 0.303 e. The number of hydrogen-bond donors (Lipinski definition) is 2. The van der Waals surface area contributed by atoms with Crippen LogP contribution in [0.15, 0.2) is 0 Å². The van der Waals surface area contributed by atoms with Crippen molar-refractivity contribution >= 4 is 11.9 Å². The Morgan fingerprint density at radius 2 is 2.00 bits per heavy atom. The number of carbonyl (C=O) groups is 2. The molecule has 0 radical (unpaired) electrons. The molecule has 21 heavy (non-hydrogen) atoms. The second-order valence-corrected chi connectivity index (χ2v) is 5.66. The Hall–Kier alpha value is -1.22. The van der Waals surface area contributed by atoms with E-state index in [-0.39, 0.29) is 12.5 Å². The van der Waals surface area contributed by atoms with E-state index in [1.807, 2.05) is 0 Å². The molecular formula is C13H21NO7. The summed E-state index contributed by atoms with van der Waals surface area (Å²) in [6, 6.07) is -0.901. The van der Waals surface area contributed by atoms with Crippen molar-refractivity contribution in [2.45, 2.75) is 64.1 Å². The molecule has 2 aliphatic heterocycles. The largest absolute Gasteiger partial charge is 0.457 e. The zero-order valence-corrected chi connectivity index (χ0v) is 12.5. The number of aliphatic hydroxyl groups is 1. The van der Waals surface area contributed by atoms with Gasteiger partial charge in [0.25, 0.3) is 0 Å². The SMILES string of the molecule is CC(=O)N[C@@H]1[C@@H](OC(C)=O)[C@@H]2OC(C)(C)OC[C@H]2O[C@H]1O. The predicted molar refractivity (Wildman–Crippen MR) is 68.9 cm³/mol. The van der Waals surface area contributed by atoms with E-state index in [1.54, 1.807) is 13.8 Å². The van der Waals surface area contributed by atoms with E-state index in [1.165, 1.54) is 13.8 Å². The molecule has 0 aliphatic carbocycles. The molecule has 0 unspecified atom stereocenters. The molecule has 0 bridgehead atoms. The summed E-state index contributed by atoms with van der Waals surface area (Å²) < 4.78 is 21.9. The minimum absolute atomic E-state index is 0.194. The molecule has 8 heteroatoms. The van der Waals surface area contributed by atoms with Crippen LogP contribution in [0.5, 0.6) is 0 Å². The van der Waals surface area contributed by atoms with Gasteiger partial charge in [0.1, 0.15) is 18.2 Å². The van der Waals surface area contributed by atoms with Crippen LogP contribution in [0.2, 0.25) is 0 Å². The summed E-state index contributed by atoms with van der Waals surface area (Å²) in [7, 11) is 0. The van der Waals surface area contributed by atoms with E-state index in [0.29, 0.717) is 0 Å². The number of nitrogens with one attached hydrogen (secondary N) is 1. The molecule has 120 valence electrons. The van der Waals surface area contributed by atoms with Gasteiger partial charge in [-0.3, -0.25) is 9.59 Å². The second-order valence-electron chi connectivity index (χ2n) is 5.66. The number of carbonyl (C=O) groups excluding carboxylic acids is 2. The van der Waals surface area contributed by atoms with Crippen LogP contribution in [0.4, 0.5) is 0 Å². The van der Waals surface area contributed by atoms with Crippen molar-refractivity contribution in [2.75, 3.05) is 6.61 Å². The van der Waals surface area contributed by atoms with Crippen LogP contribution in [0.1, 0.15) is 27.7 Å². The Bertz CT molecular complexity index is 425. The molecule has 8 nitrogen and oxygen atoms in total. The molecule has 0 aromatic carbocycles. The lowest BCUT2D eigenvalue weighted by Gasteiger charge is -2.49. The molecule has 1 amide bonds. The summed E-state index contributed by atoms with van der Waals surface area (Å²) in [5.74, 6) is -1.77. The van der Waals surface area contributed by atoms with E-state index in [9.17, 15) is 14.7 Å². The minimum Gasteiger partial charge on any atom is -0.457 e. The molecule has 2 heterocycles. The van der Waals surface area contributed by atoms with Crippen LogP contribution in [0.25, 0.3) is 0 Å². The highest BCUT2D eigenvalue weighted by molar-refractivity contribution is 5.73. The molecule has 0 saturated carbocycles. The Morgan fingerprint density at radius 3 is 2.57 bits per heavy atom. The van der Waals surface area contributed by atoms with Crippen LogP contribution in [0, 0.1) is 0 Å². The van der Waals surface area contributed by atoms with Crippen LogP contribution >= 0.6 is 0 Å². The van der Waals surface area contributed by atoms with Crippen LogP contribution in [-0.2, 0) is 28.5 Å². The fourth-order valence-electron chi connectivity index (χ4n) is 2.56. The molecule has 2 rings (SSSR count). The molecule has 2 fully saturated rings. The maximum atomic E-state index is 11.3. The third-order valence-electron chi connectivity index (χ3n) is 3.35. The van der Waals surface area contributed by atoms with E-state index < -0.39 is 42.4 Å². The maximum absolute atomic E-state index is 11.3. The van der Waals surface area contributed by atoms with Crippen molar-refractivity contribution in [1.82, 2.24) is 5.32 Å². The highest BCUT2D eigenvalue weighted by Crippen LogP contribution is 2.33. The van der Waals surface area contributed by atoms with Crippen molar-refractivity contribution in [3.8, 4) is 0 Å². The molecule has 0 aromatic heterocycles. The van der Waals surface area contributed by atoms with Gasteiger partial charge >= 0.3 is 5.97 Å². The monoisotopic (exact) mass is 303 g/mol. The number of esters is 1. The first-order valence-corrected chi connectivity index (χ1v) is 6.79. The van der Waals surface area contributed by atoms with Crippen molar-refractivity contribution in [1.29, 1.82) is 0 Å². The number of rotatable bonds is 2. The third kappa shape index (κ3) is 3.70. The van der Waals surface area contributed by atoms with E-state index in [0.717, 1.165) is 0 Å². The zero-order valence-electron chi connectivity index (χ0n) is 12.5. The van der Waals surface area contributed by atoms with Gasteiger partial charge in [0, 0.05) is 13.8 Å². The molecule has 5 atom stereocenters. The van der Waals surface area contributed by atoms with Gasteiger partial charge in [-0.25, -0.2) is 0 Å². The molecule has 0 aromatic rings. The Morgan fingerprint density at radius 1 is 1.33 bits per heavy atom. The van der Waals surface area contributed by atoms with Crippen molar-refractivity contribution < 1.29 is 33.6 Å². The second kappa shape index (κ2) is 5.88. The highest BCUT2D eigenvalue weighted by atomic mass is 16.7. The molecular weight excluding hydrogens is 282 g/mol. The molecule has 0 spiro atoms. The van der Waals surface area contributed by atoms with Gasteiger partial charge in [-0.05, 0) is 13.8 Å². The molecule has 2 saturated heterocycles. The van der Waals surface area contributed by atoms with E-state index >= 15 is 0 Å². The van der Waals surface area contributed by atoms with Gasteiger partial charge in [0.2, 0.25) is 5.91 Å². The lowest BCUT2D eigenvalue weighted by Crippen LogP contribution is -2.68. The number of fused-ring (bicyclic) bond motifs is 1. The summed E-state index contributed by atoms with van der Waals surface area (Å²) in [5, 5.41) is 12.6. The number of aliphatic hydroxyl groups excluding tert-OH is 1. The number of hydrogen-bond acceptors (Lipinski definition) is 7. The van der Waals surface area contributed by atoms with Gasteiger partial charge in [0.05, 0.1) is 6.61 Å². The predicted octanol–water partition coefficient (Wildman–Crippen LogP) is -0.708. The average molecular weight is 303 g/mol. The first-order valence-electron chi connectivity index (χ1n) is 6.79. The van der Waals surface area contributed by atoms with Crippen molar-refractivity contribution in [3.63, 3.8) is 0 Å². The topological polar surface area (TPSA) is 103 Å². The van der Waals surface area contributed by atoms with Crippen LogP contribution in [-0.4, -0.2) is 60.0 Å². The summed E-state index contributed by atoms with van der Waals surface area (Å²) in [6.07, 6.45) is -3.39. The van der Waals surface area contributed by atoms with E-state index in [4.69, 9.17) is 18.9 Å². The number of amides is 1. The third-order valence-corrected chi connectivity index (χ3v) is 3.35. The van der Waals surface area contributed by atoms with Crippen molar-refractivity contribution in [2.24, 2.45) is 0 Å². The smallest absolute Gasteiger partial charge is 0.303 e. The van der Waals surface area contributed by atoms with Gasteiger partial charge < -0.3 is 29.4 Å². The Labute approximate surface area is 122 Å². The fourth-order valence-corrected chi connectivity index (χ4v) is 2.56. The Balaban J connectivity index is 2.25. The minimum atomic E-state index is -1.31. The summed E-state index contributed by atoms with van der Waals surface area (Å²) >= 11 is 0. The molecule has 2 N–H and O–H groups in total. The van der Waals surface area contributed by atoms with Gasteiger partial charge in [-0.1, -0.05) is 0 Å². The summed E-state index contributed by atoms with van der Waals surface area (Å²) in [4.78, 5) is 22.6. The Kier molecular flexibility index (Phi) is 4.52. The summed E-state index contributed by atoms with van der Waals surface area (Å²) in [5.41, 5.74) is 0. The van der Waals surface area contributed by atoms with Gasteiger partial charge in [-0.2, -0.15) is 0 Å². The lowest BCUT2D eigenvalue weighted by molar-refractivity contribution is -0.364. The zero-order chi connectivity index (χ0) is 15.8. The van der Waals surface area contributed by atoms with E-state index in [2.05, 4.69) is 5.32 Å².